The molecule has 0 aliphatic heterocycles. The molecule has 0 saturated carbocycles. The molecule has 2 N–H and O–H groups in total. The van der Waals surface area contributed by atoms with E-state index in [-0.39, 0.29) is 11.4 Å². The van der Waals surface area contributed by atoms with Gasteiger partial charge in [-0.15, -0.1) is 11.8 Å². The Bertz CT molecular complexity index is 1120. The van der Waals surface area contributed by atoms with E-state index in [1.807, 2.05) is 0 Å². The van der Waals surface area contributed by atoms with E-state index in [0.717, 1.165) is 16.2 Å². The Morgan fingerprint density at radius 1 is 1.23 bits per heavy atom. The molecule has 1 aromatic heterocycles. The van der Waals surface area contributed by atoms with Crippen LogP contribution in [-0.4, -0.2) is 20.3 Å². The fraction of sp³-hybridized carbons (Fsp3) is 0.143. The molecule has 0 aliphatic carbocycles. The molecule has 1 unspecified atom stereocenters. The monoisotopic (exact) mass is 464 g/mol. The number of hydrogen-bond acceptors (Lipinski definition) is 4. The maximum Gasteiger partial charge on any atom is 0.336 e. The number of benzene rings is 2. The number of pyridine rings is 1. The van der Waals surface area contributed by atoms with E-state index in [1.165, 1.54) is 30.0 Å². The highest BCUT2D eigenvalue weighted by Crippen LogP contribution is 2.27. The van der Waals surface area contributed by atoms with Crippen LogP contribution >= 0.6 is 23.4 Å². The number of rotatable bonds is 7. The lowest BCUT2D eigenvalue weighted by molar-refractivity contribution is 0.0695. The van der Waals surface area contributed by atoms with Gasteiger partial charge >= 0.3 is 5.97 Å². The van der Waals surface area contributed by atoms with E-state index in [9.17, 15) is 18.5 Å². The highest BCUT2D eigenvalue weighted by Gasteiger charge is 2.14. The van der Waals surface area contributed by atoms with Crippen LogP contribution in [0.25, 0.3) is 0 Å². The molecule has 0 spiro atoms. The van der Waals surface area contributed by atoms with E-state index in [0.29, 0.717) is 26.9 Å². The minimum Gasteiger partial charge on any atom is -0.478 e. The van der Waals surface area contributed by atoms with Crippen LogP contribution in [0.3, 0.4) is 0 Å². The fourth-order valence-corrected chi connectivity index (χ4v) is 4.76. The number of anilines is 1. The quantitative estimate of drug-likeness (QED) is 0.444. The molecule has 5 nitrogen and oxygen atoms in total. The van der Waals surface area contributed by atoms with Gasteiger partial charge in [0.05, 0.1) is 27.4 Å². The van der Waals surface area contributed by atoms with Gasteiger partial charge in [0.25, 0.3) is 0 Å². The Hall–Kier alpha value is -2.42. The van der Waals surface area contributed by atoms with Gasteiger partial charge in [0, 0.05) is 10.8 Å². The minimum atomic E-state index is -1.64. The second kappa shape index (κ2) is 9.59. The first-order chi connectivity index (χ1) is 14.2. The Labute approximate surface area is 185 Å². The minimum absolute atomic E-state index is 0.129. The Morgan fingerprint density at radius 2 is 2.00 bits per heavy atom. The molecular formula is C21H18ClFN2O3S2. The van der Waals surface area contributed by atoms with Gasteiger partial charge < -0.3 is 5.11 Å². The topological polar surface area (TPSA) is 79.3 Å². The molecule has 9 heteroatoms. The van der Waals surface area contributed by atoms with E-state index in [1.54, 1.807) is 44.3 Å². The summed E-state index contributed by atoms with van der Waals surface area (Å²) in [7, 11) is -1.64. The van der Waals surface area contributed by atoms with Crippen molar-refractivity contribution in [1.29, 1.82) is 0 Å². The molecule has 0 fully saturated rings. The van der Waals surface area contributed by atoms with Crippen LogP contribution in [0.4, 0.5) is 10.1 Å². The largest absolute Gasteiger partial charge is 0.478 e. The summed E-state index contributed by atoms with van der Waals surface area (Å²) in [5, 5.41) is 10.4. The highest BCUT2D eigenvalue weighted by molar-refractivity contribution is 7.98. The molecule has 0 radical (unpaired) electrons. The summed E-state index contributed by atoms with van der Waals surface area (Å²) in [4.78, 5) is 16.1. The van der Waals surface area contributed by atoms with E-state index in [4.69, 9.17) is 11.6 Å². The number of aromatic carboxylic acids is 1. The average Bonchev–Trinajstić information content (AvgIpc) is 2.70. The Morgan fingerprint density at radius 3 is 2.63 bits per heavy atom. The highest BCUT2D eigenvalue weighted by atomic mass is 35.5. The first-order valence-corrected chi connectivity index (χ1v) is 11.3. The number of hydrogen-bond donors (Lipinski definition) is 2. The molecule has 0 amide bonds. The lowest BCUT2D eigenvalue weighted by Gasteiger charge is -2.11. The van der Waals surface area contributed by atoms with Crippen molar-refractivity contribution in [2.75, 3.05) is 4.72 Å². The lowest BCUT2D eigenvalue weighted by Crippen LogP contribution is -2.09. The maximum atomic E-state index is 13.1. The van der Waals surface area contributed by atoms with E-state index >= 15 is 0 Å². The van der Waals surface area contributed by atoms with Crippen LogP contribution in [0.2, 0.25) is 5.02 Å². The Balaban J connectivity index is 1.67. The van der Waals surface area contributed by atoms with Crippen LogP contribution in [0.15, 0.2) is 58.6 Å². The lowest BCUT2D eigenvalue weighted by atomic mass is 10.0. The standard InChI is InChI=1S/C21H18ClFN2O3S2/c1-12-7-17(9-18(13(12)2)21(26)27)30(28)25-16-5-6-20(24-10-16)29-11-14-3-4-15(23)8-19(14)22/h3-10,25H,11H2,1-2H3,(H,26,27). The zero-order valence-electron chi connectivity index (χ0n) is 16.1. The predicted octanol–water partition coefficient (Wildman–Crippen LogP) is 5.62. The number of aryl methyl sites for hydroxylation is 1. The van der Waals surface area contributed by atoms with Gasteiger partial charge in [0.2, 0.25) is 0 Å². The third-order valence-electron chi connectivity index (χ3n) is 4.42. The first kappa shape index (κ1) is 22.3. The normalized spacial score (nSPS) is 11.9. The summed E-state index contributed by atoms with van der Waals surface area (Å²) in [6.45, 7) is 3.50. The molecule has 30 heavy (non-hydrogen) atoms. The second-order valence-corrected chi connectivity index (χ2v) is 9.11. The SMILES string of the molecule is Cc1cc(S(=O)Nc2ccc(SCc3ccc(F)cc3Cl)nc2)cc(C(=O)O)c1C. The third-order valence-corrected chi connectivity index (χ3v) is 6.85. The predicted molar refractivity (Wildman–Crippen MR) is 118 cm³/mol. The van der Waals surface area contributed by atoms with Crippen LogP contribution in [0.5, 0.6) is 0 Å². The number of halogens is 2. The summed E-state index contributed by atoms with van der Waals surface area (Å²) in [5.74, 6) is -0.904. The number of aromatic nitrogens is 1. The molecule has 0 saturated heterocycles. The number of nitrogens with zero attached hydrogens (tertiary/aromatic N) is 1. The number of carboxylic acid groups (broad SMARTS) is 1. The molecule has 2 aromatic carbocycles. The summed E-state index contributed by atoms with van der Waals surface area (Å²) >= 11 is 7.47. The van der Waals surface area contributed by atoms with Crippen LogP contribution in [0.1, 0.15) is 27.0 Å². The zero-order valence-corrected chi connectivity index (χ0v) is 18.5. The zero-order chi connectivity index (χ0) is 21.8. The number of carbonyl (C=O) groups is 1. The first-order valence-electron chi connectivity index (χ1n) is 8.80. The van der Waals surface area contributed by atoms with Crippen LogP contribution < -0.4 is 4.72 Å². The summed E-state index contributed by atoms with van der Waals surface area (Å²) in [6, 6.07) is 10.9. The second-order valence-electron chi connectivity index (χ2n) is 6.50. The fourth-order valence-electron chi connectivity index (χ4n) is 2.64. The molecule has 1 heterocycles. The number of nitrogens with one attached hydrogen (secondary N) is 1. The van der Waals surface area contributed by atoms with Crippen molar-refractivity contribution in [2.45, 2.75) is 29.5 Å². The maximum absolute atomic E-state index is 13.1. The van der Waals surface area contributed by atoms with Gasteiger partial charge in [-0.25, -0.2) is 18.4 Å². The van der Waals surface area contributed by atoms with Crippen LogP contribution in [0, 0.1) is 19.7 Å². The van der Waals surface area contributed by atoms with Gasteiger partial charge in [0.1, 0.15) is 16.8 Å². The van der Waals surface area contributed by atoms with Gasteiger partial charge in [-0.2, -0.15) is 0 Å². The third kappa shape index (κ3) is 5.38. The van der Waals surface area contributed by atoms with Gasteiger partial charge in [-0.3, -0.25) is 4.72 Å². The molecule has 0 bridgehead atoms. The number of thioether (sulfide) groups is 1. The van der Waals surface area contributed by atoms with Crippen molar-refractivity contribution < 1.29 is 18.5 Å². The smallest absolute Gasteiger partial charge is 0.336 e. The van der Waals surface area contributed by atoms with Crippen molar-refractivity contribution in [3.05, 3.63) is 81.8 Å². The molecule has 156 valence electrons. The van der Waals surface area contributed by atoms with Crippen LogP contribution in [-0.2, 0) is 16.7 Å². The summed E-state index contributed by atoms with van der Waals surface area (Å²) < 4.78 is 28.6. The van der Waals surface area contributed by atoms with Crippen molar-refractivity contribution in [3.63, 3.8) is 0 Å². The molecular weight excluding hydrogens is 447 g/mol. The summed E-state index contributed by atoms with van der Waals surface area (Å²) in [6.07, 6.45) is 1.55. The Kier molecular flexibility index (Phi) is 7.12. The van der Waals surface area contributed by atoms with E-state index < -0.39 is 17.0 Å². The van der Waals surface area contributed by atoms with Gasteiger partial charge in [-0.05, 0) is 66.9 Å². The van der Waals surface area contributed by atoms with Crippen molar-refractivity contribution in [2.24, 2.45) is 0 Å². The molecule has 3 aromatic rings. The summed E-state index contributed by atoms with van der Waals surface area (Å²) in [5.41, 5.74) is 2.87. The average molecular weight is 465 g/mol. The van der Waals surface area contributed by atoms with Crippen molar-refractivity contribution in [3.8, 4) is 0 Å². The van der Waals surface area contributed by atoms with Crippen molar-refractivity contribution >= 4 is 46.0 Å². The molecule has 1 atom stereocenters. The van der Waals surface area contributed by atoms with Crippen molar-refractivity contribution in [1.82, 2.24) is 4.98 Å². The molecule has 0 aliphatic rings. The van der Waals surface area contributed by atoms with Gasteiger partial charge in [-0.1, -0.05) is 17.7 Å². The number of carboxylic acids is 1. The van der Waals surface area contributed by atoms with Gasteiger partial charge in [0.15, 0.2) is 0 Å². The molecule has 3 rings (SSSR count). The van der Waals surface area contributed by atoms with E-state index in [2.05, 4.69) is 9.71 Å².